The standard InChI is InChI=1S/C9H18N2O2/c1-7-6-11(9(12)13-2)4-3-8(7)5-10/h7-8H,3-6,10H2,1-2H3/t7-,8-/m0/s1. The number of carbonyl (C=O) groups excluding carboxylic acids is 1. The van der Waals surface area contributed by atoms with Gasteiger partial charge in [0, 0.05) is 13.1 Å². The Morgan fingerprint density at radius 1 is 1.69 bits per heavy atom. The number of carbonyl (C=O) groups is 1. The first-order valence-electron chi connectivity index (χ1n) is 4.72. The summed E-state index contributed by atoms with van der Waals surface area (Å²) in [5.74, 6) is 1.04. The van der Waals surface area contributed by atoms with Crippen molar-refractivity contribution in [1.29, 1.82) is 0 Å². The molecule has 0 aromatic rings. The van der Waals surface area contributed by atoms with Crippen LogP contribution in [0.25, 0.3) is 0 Å². The van der Waals surface area contributed by atoms with Crippen molar-refractivity contribution in [3.05, 3.63) is 0 Å². The fourth-order valence-electron chi connectivity index (χ4n) is 1.84. The SMILES string of the molecule is COC(=O)N1CC[C@@H](CN)[C@@H](C)C1. The molecule has 4 nitrogen and oxygen atoms in total. The normalized spacial score (nSPS) is 28.7. The number of piperidine rings is 1. The minimum Gasteiger partial charge on any atom is -0.453 e. The van der Waals surface area contributed by atoms with Crippen molar-refractivity contribution >= 4 is 6.09 Å². The van der Waals surface area contributed by atoms with E-state index in [2.05, 4.69) is 11.7 Å². The van der Waals surface area contributed by atoms with E-state index in [9.17, 15) is 4.79 Å². The van der Waals surface area contributed by atoms with E-state index < -0.39 is 0 Å². The molecule has 1 aliphatic rings. The van der Waals surface area contributed by atoms with Crippen LogP contribution in [0.5, 0.6) is 0 Å². The van der Waals surface area contributed by atoms with Gasteiger partial charge in [-0.25, -0.2) is 4.79 Å². The second kappa shape index (κ2) is 4.46. The monoisotopic (exact) mass is 186 g/mol. The van der Waals surface area contributed by atoms with Gasteiger partial charge < -0.3 is 15.4 Å². The fraction of sp³-hybridized carbons (Fsp3) is 0.889. The Morgan fingerprint density at radius 2 is 2.38 bits per heavy atom. The topological polar surface area (TPSA) is 55.6 Å². The molecule has 2 N–H and O–H groups in total. The van der Waals surface area contributed by atoms with Crippen LogP contribution in [0.4, 0.5) is 4.79 Å². The smallest absolute Gasteiger partial charge is 0.409 e. The van der Waals surface area contributed by atoms with E-state index in [0.29, 0.717) is 11.8 Å². The third-order valence-electron chi connectivity index (χ3n) is 2.82. The highest BCUT2D eigenvalue weighted by Crippen LogP contribution is 2.22. The maximum Gasteiger partial charge on any atom is 0.409 e. The van der Waals surface area contributed by atoms with E-state index in [-0.39, 0.29) is 6.09 Å². The average molecular weight is 186 g/mol. The van der Waals surface area contributed by atoms with Gasteiger partial charge in [-0.1, -0.05) is 6.92 Å². The summed E-state index contributed by atoms with van der Waals surface area (Å²) in [7, 11) is 1.42. The summed E-state index contributed by atoms with van der Waals surface area (Å²) in [5.41, 5.74) is 5.61. The van der Waals surface area contributed by atoms with E-state index in [1.54, 1.807) is 4.90 Å². The molecule has 13 heavy (non-hydrogen) atoms. The van der Waals surface area contributed by atoms with Gasteiger partial charge in [0.25, 0.3) is 0 Å². The molecule has 1 aliphatic heterocycles. The molecule has 0 saturated carbocycles. The van der Waals surface area contributed by atoms with Crippen molar-refractivity contribution in [3.63, 3.8) is 0 Å². The number of rotatable bonds is 1. The van der Waals surface area contributed by atoms with Crippen LogP contribution in [-0.4, -0.2) is 37.7 Å². The Balaban J connectivity index is 2.45. The lowest BCUT2D eigenvalue weighted by Crippen LogP contribution is -2.44. The zero-order chi connectivity index (χ0) is 9.84. The third kappa shape index (κ3) is 2.34. The lowest BCUT2D eigenvalue weighted by Gasteiger charge is -2.35. The van der Waals surface area contributed by atoms with Crippen LogP contribution in [0.1, 0.15) is 13.3 Å². The number of amides is 1. The Hall–Kier alpha value is -0.770. The summed E-state index contributed by atoms with van der Waals surface area (Å²) >= 11 is 0. The fourth-order valence-corrected chi connectivity index (χ4v) is 1.84. The number of nitrogens with two attached hydrogens (primary N) is 1. The van der Waals surface area contributed by atoms with Crippen molar-refractivity contribution in [1.82, 2.24) is 4.90 Å². The predicted octanol–water partition coefficient (Wildman–Crippen LogP) is 0.669. The van der Waals surface area contributed by atoms with Crippen LogP contribution in [0, 0.1) is 11.8 Å². The first-order valence-corrected chi connectivity index (χ1v) is 4.72. The summed E-state index contributed by atoms with van der Waals surface area (Å²) < 4.78 is 4.66. The van der Waals surface area contributed by atoms with Crippen LogP contribution < -0.4 is 5.73 Å². The molecular formula is C9H18N2O2. The van der Waals surface area contributed by atoms with Crippen LogP contribution in [0.15, 0.2) is 0 Å². The molecule has 0 unspecified atom stereocenters. The molecule has 2 atom stereocenters. The van der Waals surface area contributed by atoms with E-state index in [0.717, 1.165) is 26.1 Å². The Bertz CT molecular complexity index is 184. The molecule has 1 fully saturated rings. The molecule has 0 aliphatic carbocycles. The number of likely N-dealkylation sites (tertiary alicyclic amines) is 1. The summed E-state index contributed by atoms with van der Waals surface area (Å²) in [4.78, 5) is 12.9. The summed E-state index contributed by atoms with van der Waals surface area (Å²) in [6, 6.07) is 0. The van der Waals surface area contributed by atoms with Gasteiger partial charge in [-0.15, -0.1) is 0 Å². The number of hydrogen-bond donors (Lipinski definition) is 1. The summed E-state index contributed by atoms with van der Waals surface area (Å²) in [5, 5.41) is 0. The molecule has 1 rings (SSSR count). The largest absolute Gasteiger partial charge is 0.453 e. The van der Waals surface area contributed by atoms with Crippen molar-refractivity contribution < 1.29 is 9.53 Å². The average Bonchev–Trinajstić information content (AvgIpc) is 2.16. The van der Waals surface area contributed by atoms with Gasteiger partial charge >= 0.3 is 6.09 Å². The van der Waals surface area contributed by atoms with Gasteiger partial charge in [0.2, 0.25) is 0 Å². The number of methoxy groups -OCH3 is 1. The Labute approximate surface area is 79.0 Å². The van der Waals surface area contributed by atoms with Gasteiger partial charge in [-0.05, 0) is 24.8 Å². The minimum absolute atomic E-state index is 0.220. The predicted molar refractivity (Wildman–Crippen MR) is 50.3 cm³/mol. The highest BCUT2D eigenvalue weighted by atomic mass is 16.5. The van der Waals surface area contributed by atoms with Crippen molar-refractivity contribution in [3.8, 4) is 0 Å². The molecule has 0 aromatic heterocycles. The van der Waals surface area contributed by atoms with Crippen molar-refractivity contribution in [2.45, 2.75) is 13.3 Å². The van der Waals surface area contributed by atoms with Gasteiger partial charge in [-0.2, -0.15) is 0 Å². The summed E-state index contributed by atoms with van der Waals surface area (Å²) in [6.45, 7) is 4.40. The van der Waals surface area contributed by atoms with Gasteiger partial charge in [-0.3, -0.25) is 0 Å². The minimum atomic E-state index is -0.220. The Morgan fingerprint density at radius 3 is 2.85 bits per heavy atom. The molecule has 1 heterocycles. The molecular weight excluding hydrogens is 168 g/mol. The van der Waals surface area contributed by atoms with Crippen LogP contribution in [0.2, 0.25) is 0 Å². The van der Waals surface area contributed by atoms with Gasteiger partial charge in [0.1, 0.15) is 0 Å². The molecule has 76 valence electrons. The zero-order valence-corrected chi connectivity index (χ0v) is 8.32. The highest BCUT2D eigenvalue weighted by molar-refractivity contribution is 5.67. The molecule has 0 spiro atoms. The molecule has 4 heteroatoms. The quantitative estimate of drug-likeness (QED) is 0.655. The Kier molecular flexibility index (Phi) is 3.54. The number of ether oxygens (including phenoxy) is 1. The molecule has 0 radical (unpaired) electrons. The lowest BCUT2D eigenvalue weighted by atomic mass is 9.87. The maximum absolute atomic E-state index is 11.2. The second-order valence-corrected chi connectivity index (χ2v) is 3.68. The lowest BCUT2D eigenvalue weighted by molar-refractivity contribution is 0.0885. The van der Waals surface area contributed by atoms with Gasteiger partial charge in [0.15, 0.2) is 0 Å². The first kappa shape index (κ1) is 10.3. The second-order valence-electron chi connectivity index (χ2n) is 3.68. The van der Waals surface area contributed by atoms with Crippen LogP contribution >= 0.6 is 0 Å². The number of hydrogen-bond acceptors (Lipinski definition) is 3. The molecule has 1 amide bonds. The van der Waals surface area contributed by atoms with Crippen LogP contribution in [0.3, 0.4) is 0 Å². The van der Waals surface area contributed by atoms with E-state index in [4.69, 9.17) is 5.73 Å². The van der Waals surface area contributed by atoms with Gasteiger partial charge in [0.05, 0.1) is 7.11 Å². The molecule has 1 saturated heterocycles. The highest BCUT2D eigenvalue weighted by Gasteiger charge is 2.27. The molecule has 0 aromatic carbocycles. The molecule has 0 bridgehead atoms. The van der Waals surface area contributed by atoms with E-state index >= 15 is 0 Å². The van der Waals surface area contributed by atoms with E-state index in [1.165, 1.54) is 7.11 Å². The summed E-state index contributed by atoms with van der Waals surface area (Å²) in [6.07, 6.45) is 0.773. The van der Waals surface area contributed by atoms with Crippen molar-refractivity contribution in [2.24, 2.45) is 17.6 Å². The zero-order valence-electron chi connectivity index (χ0n) is 8.32. The first-order chi connectivity index (χ1) is 6.19. The van der Waals surface area contributed by atoms with Crippen molar-refractivity contribution in [2.75, 3.05) is 26.7 Å². The van der Waals surface area contributed by atoms with Crippen LogP contribution in [-0.2, 0) is 4.74 Å². The third-order valence-corrected chi connectivity index (χ3v) is 2.82. The number of nitrogens with zero attached hydrogens (tertiary/aromatic N) is 1. The van der Waals surface area contributed by atoms with E-state index in [1.807, 2.05) is 0 Å². The maximum atomic E-state index is 11.2.